The fraction of sp³-hybridized carbons (Fsp3) is 0.667. The molecule has 0 amide bonds. The zero-order valence-corrected chi connectivity index (χ0v) is 10.9. The van der Waals surface area contributed by atoms with Crippen LogP contribution in [-0.2, 0) is 23.0 Å². The molecular formula is C12H21N3O3. The Bertz CT molecular complexity index is 365. The number of rotatable bonds is 8. The Morgan fingerprint density at radius 1 is 1.67 bits per heavy atom. The molecule has 1 aromatic heterocycles. The Labute approximate surface area is 107 Å². The van der Waals surface area contributed by atoms with Crippen LogP contribution in [0.25, 0.3) is 0 Å². The zero-order chi connectivity index (χ0) is 13.4. The molecule has 18 heavy (non-hydrogen) atoms. The first-order chi connectivity index (χ1) is 8.63. The highest BCUT2D eigenvalue weighted by molar-refractivity contribution is 5.69. The van der Waals surface area contributed by atoms with Crippen LogP contribution in [0, 0.1) is 0 Å². The monoisotopic (exact) mass is 255 g/mol. The first-order valence-corrected chi connectivity index (χ1v) is 6.14. The topological polar surface area (TPSA) is 76.4 Å². The minimum atomic E-state index is -0.703. The van der Waals surface area contributed by atoms with Crippen molar-refractivity contribution in [2.45, 2.75) is 25.9 Å². The highest BCUT2D eigenvalue weighted by atomic mass is 16.5. The summed E-state index contributed by atoms with van der Waals surface area (Å²) in [6.07, 6.45) is 3.76. The number of nitrogens with zero attached hydrogens (tertiary/aromatic N) is 2. The second kappa shape index (κ2) is 7.84. The van der Waals surface area contributed by atoms with Crippen molar-refractivity contribution in [3.05, 3.63) is 18.2 Å². The molecule has 1 heterocycles. The molecule has 0 aliphatic carbocycles. The lowest BCUT2D eigenvalue weighted by Crippen LogP contribution is -2.30. The predicted octanol–water partition coefficient (Wildman–Crippen LogP) is -0.134. The number of carbonyl (C=O) groups excluding carboxylic acids is 1. The van der Waals surface area contributed by atoms with E-state index >= 15 is 0 Å². The third-order valence-electron chi connectivity index (χ3n) is 2.53. The number of imidazole rings is 1. The van der Waals surface area contributed by atoms with E-state index in [1.807, 2.05) is 17.8 Å². The Morgan fingerprint density at radius 2 is 2.44 bits per heavy atom. The van der Waals surface area contributed by atoms with Crippen LogP contribution in [0.2, 0.25) is 0 Å². The van der Waals surface area contributed by atoms with Crippen LogP contribution in [0.3, 0.4) is 0 Å². The van der Waals surface area contributed by atoms with E-state index in [1.54, 1.807) is 13.1 Å². The third kappa shape index (κ3) is 5.29. The van der Waals surface area contributed by atoms with E-state index in [0.29, 0.717) is 19.7 Å². The first kappa shape index (κ1) is 14.7. The minimum Gasteiger partial charge on any atom is -0.466 e. The number of aliphatic hydroxyl groups is 1. The highest BCUT2D eigenvalue weighted by Crippen LogP contribution is 1.96. The summed E-state index contributed by atoms with van der Waals surface area (Å²) < 4.78 is 6.71. The van der Waals surface area contributed by atoms with Gasteiger partial charge in [0.25, 0.3) is 0 Å². The van der Waals surface area contributed by atoms with Gasteiger partial charge in [0.05, 0.1) is 19.1 Å². The molecule has 0 fully saturated rings. The van der Waals surface area contributed by atoms with Gasteiger partial charge < -0.3 is 19.7 Å². The number of ether oxygens (including phenoxy) is 1. The summed E-state index contributed by atoms with van der Waals surface area (Å²) in [5.74, 6) is 0.623. The average Bonchev–Trinajstić information content (AvgIpc) is 2.71. The molecular weight excluding hydrogens is 234 g/mol. The normalized spacial score (nSPS) is 12.4. The van der Waals surface area contributed by atoms with Gasteiger partial charge in [0.2, 0.25) is 0 Å². The fourth-order valence-electron chi connectivity index (χ4n) is 1.59. The Hall–Kier alpha value is -1.40. The van der Waals surface area contributed by atoms with Crippen LogP contribution < -0.4 is 5.32 Å². The molecule has 0 bridgehead atoms. The standard InChI is InChI=1S/C12H21N3O3/c1-3-18-12(17)8-10(16)9-13-5-4-11-14-6-7-15(11)2/h6-7,10,13,16H,3-5,8-9H2,1-2H3. The number of aromatic nitrogens is 2. The summed E-state index contributed by atoms with van der Waals surface area (Å²) in [4.78, 5) is 15.3. The third-order valence-corrected chi connectivity index (χ3v) is 2.53. The molecule has 0 aliphatic heterocycles. The summed E-state index contributed by atoms with van der Waals surface area (Å²) in [6.45, 7) is 3.18. The van der Waals surface area contributed by atoms with Crippen molar-refractivity contribution in [1.82, 2.24) is 14.9 Å². The molecule has 0 aromatic carbocycles. The van der Waals surface area contributed by atoms with Gasteiger partial charge in [0, 0.05) is 39.0 Å². The van der Waals surface area contributed by atoms with Crippen LogP contribution in [0.15, 0.2) is 12.4 Å². The van der Waals surface area contributed by atoms with Gasteiger partial charge in [-0.05, 0) is 6.92 Å². The van der Waals surface area contributed by atoms with Crippen molar-refractivity contribution < 1.29 is 14.6 Å². The van der Waals surface area contributed by atoms with Crippen LogP contribution in [0.5, 0.6) is 0 Å². The van der Waals surface area contributed by atoms with E-state index in [2.05, 4.69) is 10.3 Å². The number of nitrogens with one attached hydrogen (secondary N) is 1. The molecule has 0 saturated carbocycles. The van der Waals surface area contributed by atoms with Gasteiger partial charge in [0.15, 0.2) is 0 Å². The largest absolute Gasteiger partial charge is 0.466 e. The summed E-state index contributed by atoms with van der Waals surface area (Å²) in [5.41, 5.74) is 0. The van der Waals surface area contributed by atoms with Crippen LogP contribution in [-0.4, -0.2) is 46.4 Å². The molecule has 6 heteroatoms. The van der Waals surface area contributed by atoms with Crippen LogP contribution >= 0.6 is 0 Å². The maximum atomic E-state index is 11.1. The van der Waals surface area contributed by atoms with Crippen molar-refractivity contribution in [3.8, 4) is 0 Å². The number of aliphatic hydroxyl groups excluding tert-OH is 1. The molecule has 1 rings (SSSR count). The van der Waals surface area contributed by atoms with Gasteiger partial charge in [-0.25, -0.2) is 4.98 Å². The van der Waals surface area contributed by atoms with Crippen LogP contribution in [0.1, 0.15) is 19.2 Å². The van der Waals surface area contributed by atoms with E-state index < -0.39 is 6.10 Å². The summed E-state index contributed by atoms with van der Waals surface area (Å²) in [6, 6.07) is 0. The van der Waals surface area contributed by atoms with Gasteiger partial charge in [-0.2, -0.15) is 0 Å². The number of hydrogen-bond acceptors (Lipinski definition) is 5. The summed E-state index contributed by atoms with van der Waals surface area (Å²) in [5, 5.41) is 12.7. The lowest BCUT2D eigenvalue weighted by Gasteiger charge is -2.11. The van der Waals surface area contributed by atoms with E-state index in [9.17, 15) is 9.90 Å². The van der Waals surface area contributed by atoms with E-state index in [1.165, 1.54) is 0 Å². The van der Waals surface area contributed by atoms with E-state index in [4.69, 9.17) is 4.74 Å². The van der Waals surface area contributed by atoms with Crippen molar-refractivity contribution in [3.63, 3.8) is 0 Å². The Balaban J connectivity index is 2.10. The molecule has 6 nitrogen and oxygen atoms in total. The highest BCUT2D eigenvalue weighted by Gasteiger charge is 2.10. The van der Waals surface area contributed by atoms with Gasteiger partial charge in [0.1, 0.15) is 5.82 Å². The van der Waals surface area contributed by atoms with Crippen molar-refractivity contribution in [2.75, 3.05) is 19.7 Å². The molecule has 0 aliphatic rings. The number of carbonyl (C=O) groups is 1. The quantitative estimate of drug-likeness (QED) is 0.500. The zero-order valence-electron chi connectivity index (χ0n) is 10.9. The van der Waals surface area contributed by atoms with Gasteiger partial charge in [-0.1, -0.05) is 0 Å². The van der Waals surface area contributed by atoms with Gasteiger partial charge >= 0.3 is 5.97 Å². The number of hydrogen-bond donors (Lipinski definition) is 2. The lowest BCUT2D eigenvalue weighted by molar-refractivity contribution is -0.145. The molecule has 2 N–H and O–H groups in total. The van der Waals surface area contributed by atoms with Crippen LogP contribution in [0.4, 0.5) is 0 Å². The fourth-order valence-corrected chi connectivity index (χ4v) is 1.59. The average molecular weight is 255 g/mol. The Morgan fingerprint density at radius 3 is 3.06 bits per heavy atom. The first-order valence-electron chi connectivity index (χ1n) is 6.14. The van der Waals surface area contributed by atoms with Crippen molar-refractivity contribution >= 4 is 5.97 Å². The molecule has 0 saturated heterocycles. The Kier molecular flexibility index (Phi) is 6.38. The van der Waals surface area contributed by atoms with E-state index in [0.717, 1.165) is 12.2 Å². The number of aryl methyl sites for hydroxylation is 1. The smallest absolute Gasteiger partial charge is 0.308 e. The van der Waals surface area contributed by atoms with E-state index in [-0.39, 0.29) is 12.4 Å². The summed E-state index contributed by atoms with van der Waals surface area (Å²) >= 11 is 0. The van der Waals surface area contributed by atoms with Crippen molar-refractivity contribution in [1.29, 1.82) is 0 Å². The predicted molar refractivity (Wildman–Crippen MR) is 67.0 cm³/mol. The molecule has 1 aromatic rings. The molecule has 1 unspecified atom stereocenters. The molecule has 1 atom stereocenters. The second-order valence-corrected chi connectivity index (χ2v) is 4.07. The maximum absolute atomic E-state index is 11.1. The van der Waals surface area contributed by atoms with Gasteiger partial charge in [-0.3, -0.25) is 4.79 Å². The molecule has 0 radical (unpaired) electrons. The lowest BCUT2D eigenvalue weighted by atomic mass is 10.2. The summed E-state index contributed by atoms with van der Waals surface area (Å²) in [7, 11) is 1.94. The minimum absolute atomic E-state index is 0.0310. The molecule has 0 spiro atoms. The van der Waals surface area contributed by atoms with Gasteiger partial charge in [-0.15, -0.1) is 0 Å². The molecule has 102 valence electrons. The number of esters is 1. The second-order valence-electron chi connectivity index (χ2n) is 4.07. The SMILES string of the molecule is CCOC(=O)CC(O)CNCCc1nccn1C. The maximum Gasteiger partial charge on any atom is 0.308 e. The van der Waals surface area contributed by atoms with Crippen molar-refractivity contribution in [2.24, 2.45) is 7.05 Å².